The smallest absolute Gasteiger partial charge is 0.303 e. The highest BCUT2D eigenvalue weighted by Gasteiger charge is 2.27. The van der Waals surface area contributed by atoms with Crippen molar-refractivity contribution in [2.45, 2.75) is 32.2 Å². The first-order valence-corrected chi connectivity index (χ1v) is 6.30. The fourth-order valence-corrected chi connectivity index (χ4v) is 2.04. The first kappa shape index (κ1) is 15.0. The van der Waals surface area contributed by atoms with Gasteiger partial charge in [-0.15, -0.1) is 0 Å². The van der Waals surface area contributed by atoms with Crippen molar-refractivity contribution in [2.24, 2.45) is 5.73 Å². The van der Waals surface area contributed by atoms with Crippen LogP contribution in [0.4, 0.5) is 0 Å². The molecule has 0 unspecified atom stereocenters. The van der Waals surface area contributed by atoms with Crippen LogP contribution in [0.3, 0.4) is 0 Å². The standard InChI is InChI=1S/C8H16N2O5S/c1-2-5-10-16(14,15)8(13)6(9)3-4-7(11)12/h6,10H,2-5,9H2,1H3,(H,11,12)/t6-/m0/s1. The molecule has 0 fully saturated rings. The van der Waals surface area contributed by atoms with E-state index in [9.17, 15) is 18.0 Å². The van der Waals surface area contributed by atoms with Crippen LogP contribution in [0.5, 0.6) is 0 Å². The summed E-state index contributed by atoms with van der Waals surface area (Å²) in [4.78, 5) is 21.5. The Kier molecular flexibility index (Phi) is 6.16. The molecule has 1 atom stereocenters. The van der Waals surface area contributed by atoms with Crippen LogP contribution in [0.2, 0.25) is 0 Å². The summed E-state index contributed by atoms with van der Waals surface area (Å²) >= 11 is 0. The van der Waals surface area contributed by atoms with Crippen LogP contribution < -0.4 is 10.5 Å². The summed E-state index contributed by atoms with van der Waals surface area (Å²) in [5.74, 6) is -1.12. The van der Waals surface area contributed by atoms with Crippen molar-refractivity contribution in [1.82, 2.24) is 4.72 Å². The van der Waals surface area contributed by atoms with Gasteiger partial charge in [0.05, 0.1) is 6.04 Å². The zero-order valence-electron chi connectivity index (χ0n) is 8.97. The van der Waals surface area contributed by atoms with Gasteiger partial charge in [0.25, 0.3) is 15.1 Å². The van der Waals surface area contributed by atoms with Gasteiger partial charge in [-0.1, -0.05) is 6.92 Å². The summed E-state index contributed by atoms with van der Waals surface area (Å²) in [6, 6.07) is -1.30. The third-order valence-electron chi connectivity index (χ3n) is 1.78. The molecule has 0 saturated carbocycles. The average Bonchev–Trinajstić information content (AvgIpc) is 2.21. The number of carboxylic acids is 1. The number of nitrogens with one attached hydrogen (secondary N) is 1. The number of sulfonamides is 1. The molecule has 0 spiro atoms. The number of nitrogens with two attached hydrogens (primary N) is 1. The van der Waals surface area contributed by atoms with E-state index >= 15 is 0 Å². The maximum Gasteiger partial charge on any atom is 0.303 e. The zero-order valence-corrected chi connectivity index (χ0v) is 9.79. The molecule has 7 nitrogen and oxygen atoms in total. The topological polar surface area (TPSA) is 127 Å². The molecule has 0 aromatic heterocycles. The Hall–Kier alpha value is -0.990. The second-order valence-electron chi connectivity index (χ2n) is 3.26. The molecule has 16 heavy (non-hydrogen) atoms. The lowest BCUT2D eigenvalue weighted by molar-refractivity contribution is -0.137. The molecular formula is C8H16N2O5S. The Bertz CT molecular complexity index is 351. The highest BCUT2D eigenvalue weighted by atomic mass is 32.2. The van der Waals surface area contributed by atoms with E-state index in [1.54, 1.807) is 6.92 Å². The van der Waals surface area contributed by atoms with E-state index in [-0.39, 0.29) is 19.4 Å². The zero-order chi connectivity index (χ0) is 12.8. The van der Waals surface area contributed by atoms with Crippen LogP contribution in [0.15, 0.2) is 0 Å². The third kappa shape index (κ3) is 5.19. The number of carboxylic acid groups (broad SMARTS) is 1. The molecule has 0 amide bonds. The van der Waals surface area contributed by atoms with Gasteiger partial charge in [-0.25, -0.2) is 13.1 Å². The Labute approximate surface area is 94.1 Å². The highest BCUT2D eigenvalue weighted by molar-refractivity contribution is 8.04. The van der Waals surface area contributed by atoms with Crippen molar-refractivity contribution in [3.8, 4) is 0 Å². The van der Waals surface area contributed by atoms with Gasteiger partial charge < -0.3 is 10.8 Å². The van der Waals surface area contributed by atoms with E-state index in [1.807, 2.05) is 0 Å². The number of rotatable bonds is 7. The van der Waals surface area contributed by atoms with Crippen LogP contribution in [0, 0.1) is 0 Å². The van der Waals surface area contributed by atoms with Gasteiger partial charge in [0.15, 0.2) is 0 Å². The van der Waals surface area contributed by atoms with Crippen LogP contribution >= 0.6 is 0 Å². The monoisotopic (exact) mass is 252 g/mol. The summed E-state index contributed by atoms with van der Waals surface area (Å²) in [5, 5.41) is 7.19. The molecule has 0 rings (SSSR count). The molecule has 0 aliphatic rings. The van der Waals surface area contributed by atoms with E-state index in [0.29, 0.717) is 6.42 Å². The molecular weight excluding hydrogens is 236 g/mol. The lowest BCUT2D eigenvalue weighted by atomic mass is 10.2. The summed E-state index contributed by atoms with van der Waals surface area (Å²) < 4.78 is 24.6. The molecule has 0 radical (unpaired) electrons. The number of hydrogen-bond donors (Lipinski definition) is 3. The van der Waals surface area contributed by atoms with E-state index in [4.69, 9.17) is 10.8 Å². The molecule has 0 aromatic rings. The van der Waals surface area contributed by atoms with Crippen LogP contribution in [-0.2, 0) is 19.6 Å². The van der Waals surface area contributed by atoms with Crippen molar-refractivity contribution in [3.05, 3.63) is 0 Å². The van der Waals surface area contributed by atoms with E-state index in [1.165, 1.54) is 0 Å². The quantitative estimate of drug-likeness (QED) is 0.535. The molecule has 94 valence electrons. The highest BCUT2D eigenvalue weighted by Crippen LogP contribution is 2.00. The normalized spacial score (nSPS) is 13.4. The Morgan fingerprint density at radius 1 is 1.44 bits per heavy atom. The number of carbonyl (C=O) groups is 2. The molecule has 8 heteroatoms. The van der Waals surface area contributed by atoms with Gasteiger partial charge in [-0.3, -0.25) is 9.59 Å². The minimum absolute atomic E-state index is 0.153. The molecule has 0 aromatic carbocycles. The van der Waals surface area contributed by atoms with E-state index in [0.717, 1.165) is 0 Å². The lowest BCUT2D eigenvalue weighted by Crippen LogP contribution is -2.42. The Balaban J connectivity index is 4.36. The third-order valence-corrected chi connectivity index (χ3v) is 3.20. The predicted octanol–water partition coefficient (Wildman–Crippen LogP) is -0.965. The largest absolute Gasteiger partial charge is 0.481 e. The first-order chi connectivity index (χ1) is 7.31. The van der Waals surface area contributed by atoms with E-state index < -0.39 is 27.1 Å². The fraction of sp³-hybridized carbons (Fsp3) is 0.750. The lowest BCUT2D eigenvalue weighted by Gasteiger charge is -2.09. The van der Waals surface area contributed by atoms with Gasteiger partial charge in [0, 0.05) is 13.0 Å². The fourth-order valence-electron chi connectivity index (χ4n) is 0.904. The molecule has 0 aliphatic heterocycles. The van der Waals surface area contributed by atoms with Crippen molar-refractivity contribution in [3.63, 3.8) is 0 Å². The minimum atomic E-state index is -4.08. The molecule has 0 aliphatic carbocycles. The van der Waals surface area contributed by atoms with Gasteiger partial charge >= 0.3 is 5.97 Å². The summed E-state index contributed by atoms with van der Waals surface area (Å²) in [7, 11) is -4.08. The van der Waals surface area contributed by atoms with Gasteiger partial charge in [0.1, 0.15) is 0 Å². The Morgan fingerprint density at radius 2 is 2.00 bits per heavy atom. The SMILES string of the molecule is CCCNS(=O)(=O)C(=O)[C@@H](N)CCC(=O)O. The second kappa shape index (κ2) is 6.56. The second-order valence-corrected chi connectivity index (χ2v) is 4.95. The maximum absolute atomic E-state index is 11.3. The first-order valence-electron chi connectivity index (χ1n) is 4.82. The average molecular weight is 252 g/mol. The van der Waals surface area contributed by atoms with Crippen molar-refractivity contribution in [1.29, 1.82) is 0 Å². The van der Waals surface area contributed by atoms with Gasteiger partial charge in [-0.2, -0.15) is 0 Å². The maximum atomic E-state index is 11.3. The van der Waals surface area contributed by atoms with Crippen molar-refractivity contribution >= 4 is 21.1 Å². The summed E-state index contributed by atoms with van der Waals surface area (Å²) in [6.07, 6.45) is 0.0221. The number of hydrogen-bond acceptors (Lipinski definition) is 5. The Morgan fingerprint density at radius 3 is 2.44 bits per heavy atom. The molecule has 4 N–H and O–H groups in total. The van der Waals surface area contributed by atoms with Gasteiger partial charge in [0.2, 0.25) is 0 Å². The number of aliphatic carboxylic acids is 1. The van der Waals surface area contributed by atoms with Crippen molar-refractivity contribution in [2.75, 3.05) is 6.54 Å². The minimum Gasteiger partial charge on any atom is -0.481 e. The van der Waals surface area contributed by atoms with Crippen molar-refractivity contribution < 1.29 is 23.1 Å². The molecule has 0 bridgehead atoms. The summed E-state index contributed by atoms with van der Waals surface area (Å²) in [5.41, 5.74) is 5.29. The van der Waals surface area contributed by atoms with Crippen LogP contribution in [-0.4, -0.2) is 37.2 Å². The number of carbonyl (C=O) groups excluding carboxylic acids is 1. The summed E-state index contributed by atoms with van der Waals surface area (Å²) in [6.45, 7) is 1.90. The predicted molar refractivity (Wildman–Crippen MR) is 57.1 cm³/mol. The molecule has 0 saturated heterocycles. The van der Waals surface area contributed by atoms with E-state index in [2.05, 4.69) is 4.72 Å². The van der Waals surface area contributed by atoms with Crippen LogP contribution in [0.1, 0.15) is 26.2 Å². The van der Waals surface area contributed by atoms with Crippen LogP contribution in [0.25, 0.3) is 0 Å². The molecule has 0 heterocycles. The van der Waals surface area contributed by atoms with Gasteiger partial charge in [-0.05, 0) is 12.8 Å².